The molecule has 3 aromatic carbocycles. The molecule has 138 valence electrons. The average Bonchev–Trinajstić information content (AvgIpc) is 2.71. The number of nitrogens with one attached hydrogen (secondary N) is 1. The summed E-state index contributed by atoms with van der Waals surface area (Å²) >= 11 is 0. The number of rotatable bonds is 8. The van der Waals surface area contributed by atoms with Gasteiger partial charge >= 0.3 is 0 Å². The van der Waals surface area contributed by atoms with Crippen molar-refractivity contribution in [2.75, 3.05) is 11.9 Å². The largest absolute Gasteiger partial charge is 0.490 e. The van der Waals surface area contributed by atoms with Gasteiger partial charge in [0.1, 0.15) is 18.1 Å². The number of ether oxygens (including phenoxy) is 2. The van der Waals surface area contributed by atoms with E-state index in [1.807, 2.05) is 61.5 Å². The summed E-state index contributed by atoms with van der Waals surface area (Å²) in [6, 6.07) is 21.1. The van der Waals surface area contributed by atoms with Crippen molar-refractivity contribution in [2.24, 2.45) is 0 Å². The van der Waals surface area contributed by atoms with Crippen molar-refractivity contribution in [3.8, 4) is 11.5 Å². The van der Waals surface area contributed by atoms with E-state index in [4.69, 9.17) is 9.47 Å². The molecule has 4 heteroatoms. The quantitative estimate of drug-likeness (QED) is 0.561. The summed E-state index contributed by atoms with van der Waals surface area (Å²) in [5.41, 5.74) is 0.700. The van der Waals surface area contributed by atoms with Crippen LogP contribution in [0.1, 0.15) is 13.3 Å². The lowest BCUT2D eigenvalue weighted by atomic mass is 10.1. The normalized spacial score (nSPS) is 11.6. The molecule has 3 rings (SSSR count). The van der Waals surface area contributed by atoms with E-state index >= 15 is 0 Å². The molecule has 0 bridgehead atoms. The maximum Gasteiger partial charge on any atom is 0.265 e. The van der Waals surface area contributed by atoms with Gasteiger partial charge in [-0.1, -0.05) is 49.9 Å². The van der Waals surface area contributed by atoms with Gasteiger partial charge in [0.25, 0.3) is 5.91 Å². The highest BCUT2D eigenvalue weighted by Crippen LogP contribution is 2.23. The Morgan fingerprint density at radius 2 is 1.74 bits per heavy atom. The number of anilines is 1. The van der Waals surface area contributed by atoms with E-state index in [1.165, 1.54) is 0 Å². The van der Waals surface area contributed by atoms with Crippen molar-refractivity contribution in [1.82, 2.24) is 0 Å². The summed E-state index contributed by atoms with van der Waals surface area (Å²) in [5, 5.41) is 5.12. The molecule has 27 heavy (non-hydrogen) atoms. The lowest BCUT2D eigenvalue weighted by Gasteiger charge is -2.18. The number of hydrogen-bond donors (Lipinski definition) is 1. The Balaban J connectivity index is 1.65. The second kappa shape index (κ2) is 8.90. The first-order valence-corrected chi connectivity index (χ1v) is 8.99. The van der Waals surface area contributed by atoms with Crippen LogP contribution in [-0.2, 0) is 4.79 Å². The van der Waals surface area contributed by atoms with Crippen LogP contribution in [0.5, 0.6) is 11.5 Å². The van der Waals surface area contributed by atoms with E-state index in [9.17, 15) is 4.79 Å². The summed E-state index contributed by atoms with van der Waals surface area (Å²) in [4.78, 5) is 12.6. The van der Waals surface area contributed by atoms with E-state index in [0.717, 1.165) is 16.5 Å². The van der Waals surface area contributed by atoms with Gasteiger partial charge in [-0.25, -0.2) is 0 Å². The second-order valence-corrected chi connectivity index (χ2v) is 6.14. The molecule has 0 fully saturated rings. The lowest BCUT2D eigenvalue weighted by molar-refractivity contribution is -0.122. The molecule has 4 nitrogen and oxygen atoms in total. The average molecular weight is 361 g/mol. The second-order valence-electron chi connectivity index (χ2n) is 6.14. The molecule has 0 radical (unpaired) electrons. The first-order valence-electron chi connectivity index (χ1n) is 8.99. The van der Waals surface area contributed by atoms with Gasteiger partial charge in [0.05, 0.1) is 0 Å². The number of amides is 1. The number of hydrogen-bond acceptors (Lipinski definition) is 3. The molecule has 0 saturated heterocycles. The van der Waals surface area contributed by atoms with Crippen LogP contribution >= 0.6 is 0 Å². The first-order chi connectivity index (χ1) is 13.2. The van der Waals surface area contributed by atoms with Crippen molar-refractivity contribution in [3.05, 3.63) is 79.4 Å². The molecular weight excluding hydrogens is 338 g/mol. The van der Waals surface area contributed by atoms with Crippen LogP contribution in [0.15, 0.2) is 79.4 Å². The molecule has 0 spiro atoms. The minimum Gasteiger partial charge on any atom is -0.490 e. The van der Waals surface area contributed by atoms with E-state index in [2.05, 4.69) is 11.9 Å². The van der Waals surface area contributed by atoms with Crippen LogP contribution in [0.4, 0.5) is 5.69 Å². The third kappa shape index (κ3) is 4.88. The maximum atomic E-state index is 12.6. The Morgan fingerprint density at radius 3 is 2.44 bits per heavy atom. The Bertz CT molecular complexity index is 918. The van der Waals surface area contributed by atoms with Gasteiger partial charge in [-0.2, -0.15) is 0 Å². The van der Waals surface area contributed by atoms with Gasteiger partial charge in [0.15, 0.2) is 6.10 Å². The molecule has 3 aromatic rings. The monoisotopic (exact) mass is 361 g/mol. The number of carbonyl (C=O) groups is 1. The molecular formula is C23H23NO3. The van der Waals surface area contributed by atoms with Crippen LogP contribution in [-0.4, -0.2) is 18.6 Å². The van der Waals surface area contributed by atoms with Crippen LogP contribution in [0.2, 0.25) is 0 Å². The van der Waals surface area contributed by atoms with Crippen molar-refractivity contribution >= 4 is 22.4 Å². The summed E-state index contributed by atoms with van der Waals surface area (Å²) < 4.78 is 11.4. The highest BCUT2D eigenvalue weighted by molar-refractivity contribution is 5.94. The van der Waals surface area contributed by atoms with Gasteiger partial charge in [0, 0.05) is 5.69 Å². The fourth-order valence-corrected chi connectivity index (χ4v) is 2.74. The Morgan fingerprint density at radius 1 is 1.04 bits per heavy atom. The molecule has 0 aliphatic carbocycles. The predicted octanol–water partition coefficient (Wildman–Crippen LogP) is 5.20. The van der Waals surface area contributed by atoms with E-state index in [1.54, 1.807) is 18.2 Å². The Hall–Kier alpha value is -3.27. The molecule has 1 atom stereocenters. The minimum absolute atomic E-state index is 0.176. The zero-order chi connectivity index (χ0) is 19.1. The summed E-state index contributed by atoms with van der Waals surface area (Å²) in [6.07, 6.45) is 1.69. The molecule has 0 aliphatic rings. The fraction of sp³-hybridized carbons (Fsp3) is 0.174. The van der Waals surface area contributed by atoms with Crippen molar-refractivity contribution in [3.63, 3.8) is 0 Å². The highest BCUT2D eigenvalue weighted by Gasteiger charge is 2.18. The first kappa shape index (κ1) is 18.5. The van der Waals surface area contributed by atoms with Gasteiger partial charge < -0.3 is 14.8 Å². The van der Waals surface area contributed by atoms with Gasteiger partial charge in [0.2, 0.25) is 0 Å². The van der Waals surface area contributed by atoms with Crippen LogP contribution < -0.4 is 14.8 Å². The summed E-state index contributed by atoms with van der Waals surface area (Å²) in [7, 11) is 0. The van der Waals surface area contributed by atoms with Crippen LogP contribution in [0, 0.1) is 0 Å². The lowest BCUT2D eigenvalue weighted by Crippen LogP contribution is -2.32. The molecule has 1 N–H and O–H groups in total. The topological polar surface area (TPSA) is 47.6 Å². The van der Waals surface area contributed by atoms with Gasteiger partial charge in [-0.05, 0) is 53.6 Å². The molecule has 0 unspecified atom stereocenters. The number of carbonyl (C=O) groups excluding carboxylic acids is 1. The van der Waals surface area contributed by atoms with E-state index in [0.29, 0.717) is 24.5 Å². The molecule has 0 saturated carbocycles. The predicted molar refractivity (Wildman–Crippen MR) is 109 cm³/mol. The SMILES string of the molecule is C=CCOc1ccc(NC(=O)[C@H](CC)Oc2ccc3ccccc3c2)cc1. The summed E-state index contributed by atoms with van der Waals surface area (Å²) in [5.74, 6) is 1.24. The van der Waals surface area contributed by atoms with Gasteiger partial charge in [-0.15, -0.1) is 0 Å². The summed E-state index contributed by atoms with van der Waals surface area (Å²) in [6.45, 7) is 5.99. The van der Waals surface area contributed by atoms with Crippen LogP contribution in [0.3, 0.4) is 0 Å². The maximum absolute atomic E-state index is 12.6. The smallest absolute Gasteiger partial charge is 0.265 e. The van der Waals surface area contributed by atoms with Crippen molar-refractivity contribution in [2.45, 2.75) is 19.4 Å². The molecule has 0 aromatic heterocycles. The fourth-order valence-electron chi connectivity index (χ4n) is 2.74. The number of fused-ring (bicyclic) bond motifs is 1. The van der Waals surface area contributed by atoms with E-state index in [-0.39, 0.29) is 5.91 Å². The third-order valence-electron chi connectivity index (χ3n) is 4.15. The molecule has 0 aliphatic heterocycles. The molecule has 1 amide bonds. The molecule has 0 heterocycles. The van der Waals surface area contributed by atoms with Crippen molar-refractivity contribution in [1.29, 1.82) is 0 Å². The zero-order valence-corrected chi connectivity index (χ0v) is 15.4. The Kier molecular flexibility index (Phi) is 6.10. The van der Waals surface area contributed by atoms with Crippen LogP contribution in [0.25, 0.3) is 10.8 Å². The van der Waals surface area contributed by atoms with E-state index < -0.39 is 6.10 Å². The third-order valence-corrected chi connectivity index (χ3v) is 4.15. The Labute approximate surface area is 159 Å². The minimum atomic E-state index is -0.567. The zero-order valence-electron chi connectivity index (χ0n) is 15.4. The number of benzene rings is 3. The highest BCUT2D eigenvalue weighted by atomic mass is 16.5. The van der Waals surface area contributed by atoms with Crippen molar-refractivity contribution < 1.29 is 14.3 Å². The van der Waals surface area contributed by atoms with Gasteiger partial charge in [-0.3, -0.25) is 4.79 Å². The standard InChI is InChI=1S/C23H23NO3/c1-3-15-26-20-13-10-19(11-14-20)24-23(25)22(4-2)27-21-12-9-17-7-5-6-8-18(17)16-21/h3,5-14,16,22H,1,4,15H2,2H3,(H,24,25)/t22-/m0/s1.